The molecule has 0 saturated heterocycles. The Morgan fingerprint density at radius 3 is 2.50 bits per heavy atom. The maximum atomic E-state index is 12.7. The summed E-state index contributed by atoms with van der Waals surface area (Å²) in [5, 5.41) is 3.87. The topological polar surface area (TPSA) is 86.9 Å². The number of aromatic nitrogens is 2. The molecule has 1 amide bonds. The predicted molar refractivity (Wildman–Crippen MR) is 65.0 cm³/mol. The molecule has 2 aromatic rings. The van der Waals surface area contributed by atoms with E-state index in [0.717, 1.165) is 6.07 Å². The summed E-state index contributed by atoms with van der Waals surface area (Å²) in [5.41, 5.74) is 9.96. The fourth-order valence-corrected chi connectivity index (χ4v) is 1.77. The van der Waals surface area contributed by atoms with Crippen molar-refractivity contribution >= 4 is 5.91 Å². The smallest absolute Gasteiger partial charge is 0.364 e. The van der Waals surface area contributed by atoms with E-state index in [0.29, 0.717) is 5.69 Å². The normalized spacial score (nSPS) is 11.6. The molecule has 1 heterocycles. The van der Waals surface area contributed by atoms with Crippen LogP contribution in [0, 0.1) is 0 Å². The highest BCUT2D eigenvalue weighted by Gasteiger charge is 2.33. The largest absolute Gasteiger partial charge is 0.416 e. The van der Waals surface area contributed by atoms with Gasteiger partial charge in [0.25, 0.3) is 5.91 Å². The maximum absolute atomic E-state index is 12.7. The summed E-state index contributed by atoms with van der Waals surface area (Å²) in [6.45, 7) is -0.257. The van der Waals surface area contributed by atoms with Crippen molar-refractivity contribution < 1.29 is 18.0 Å². The fraction of sp³-hybridized carbons (Fsp3) is 0.167. The summed E-state index contributed by atoms with van der Waals surface area (Å²) in [5.74, 6) is -0.713. The van der Waals surface area contributed by atoms with Crippen LogP contribution in [0.5, 0.6) is 0 Å². The van der Waals surface area contributed by atoms with Crippen LogP contribution in [0.2, 0.25) is 0 Å². The lowest BCUT2D eigenvalue weighted by Crippen LogP contribution is -2.14. The molecule has 5 nitrogen and oxygen atoms in total. The minimum atomic E-state index is -4.46. The molecule has 1 aromatic heterocycles. The number of halogens is 3. The Bertz CT molecular complexity index is 648. The minimum absolute atomic E-state index is 0.0270. The number of benzene rings is 1. The summed E-state index contributed by atoms with van der Waals surface area (Å²) >= 11 is 0. The van der Waals surface area contributed by atoms with Gasteiger partial charge in [-0.05, 0) is 29.8 Å². The van der Waals surface area contributed by atoms with Crippen LogP contribution in [0.4, 0.5) is 13.2 Å². The quantitative estimate of drug-likeness (QED) is 0.894. The van der Waals surface area contributed by atoms with Crippen molar-refractivity contribution in [3.63, 3.8) is 0 Å². The van der Waals surface area contributed by atoms with Crippen molar-refractivity contribution in [1.82, 2.24) is 9.78 Å². The molecular weight excluding hydrogens is 273 g/mol. The molecule has 0 bridgehead atoms. The third-order valence-corrected chi connectivity index (χ3v) is 2.72. The average molecular weight is 284 g/mol. The Balaban J connectivity index is 2.46. The lowest BCUT2D eigenvalue weighted by Gasteiger charge is -2.13. The zero-order chi connectivity index (χ0) is 14.9. The van der Waals surface area contributed by atoms with E-state index in [2.05, 4.69) is 5.10 Å². The Hall–Kier alpha value is -2.35. The number of alkyl halides is 3. The molecule has 106 valence electrons. The van der Waals surface area contributed by atoms with Gasteiger partial charge in [0, 0.05) is 12.7 Å². The van der Waals surface area contributed by atoms with Crippen LogP contribution in [0.1, 0.15) is 21.6 Å². The minimum Gasteiger partial charge on any atom is -0.364 e. The zero-order valence-electron chi connectivity index (χ0n) is 10.2. The Morgan fingerprint density at radius 1 is 1.30 bits per heavy atom. The number of primary amides is 1. The first kappa shape index (κ1) is 14.1. The molecule has 0 unspecified atom stereocenters. The summed E-state index contributed by atoms with van der Waals surface area (Å²) in [6.07, 6.45) is -3.03. The van der Waals surface area contributed by atoms with Gasteiger partial charge in [0.2, 0.25) is 0 Å². The SMILES string of the molecule is NCc1cc(-n2ccc(C(N)=O)n2)ccc1C(F)(F)F. The van der Waals surface area contributed by atoms with E-state index < -0.39 is 17.6 Å². The van der Waals surface area contributed by atoms with E-state index in [9.17, 15) is 18.0 Å². The van der Waals surface area contributed by atoms with Gasteiger partial charge in [-0.25, -0.2) is 4.68 Å². The van der Waals surface area contributed by atoms with Crippen molar-refractivity contribution in [2.45, 2.75) is 12.7 Å². The van der Waals surface area contributed by atoms with Crippen LogP contribution in [0.25, 0.3) is 5.69 Å². The maximum Gasteiger partial charge on any atom is 0.416 e. The van der Waals surface area contributed by atoms with Gasteiger partial charge in [0.15, 0.2) is 0 Å². The molecule has 4 N–H and O–H groups in total. The van der Waals surface area contributed by atoms with Crippen LogP contribution >= 0.6 is 0 Å². The molecular formula is C12H11F3N4O. The van der Waals surface area contributed by atoms with E-state index in [1.165, 1.54) is 29.1 Å². The number of carbonyl (C=O) groups is 1. The number of amides is 1. The molecule has 0 atom stereocenters. The Morgan fingerprint density at radius 2 is 2.00 bits per heavy atom. The van der Waals surface area contributed by atoms with Crippen LogP contribution in [0.3, 0.4) is 0 Å². The number of nitrogens with zero attached hydrogens (tertiary/aromatic N) is 2. The van der Waals surface area contributed by atoms with Gasteiger partial charge >= 0.3 is 6.18 Å². The Labute approximate surface area is 112 Å². The van der Waals surface area contributed by atoms with Gasteiger partial charge < -0.3 is 11.5 Å². The molecule has 0 spiro atoms. The number of rotatable bonds is 3. The molecule has 0 saturated carbocycles. The van der Waals surface area contributed by atoms with Crippen LogP contribution in [-0.4, -0.2) is 15.7 Å². The first-order chi connectivity index (χ1) is 9.32. The van der Waals surface area contributed by atoms with Crippen LogP contribution < -0.4 is 11.5 Å². The Kier molecular flexibility index (Phi) is 3.49. The number of hydrogen-bond acceptors (Lipinski definition) is 3. The molecule has 0 fully saturated rings. The third-order valence-electron chi connectivity index (χ3n) is 2.72. The second-order valence-corrected chi connectivity index (χ2v) is 4.05. The first-order valence-electron chi connectivity index (χ1n) is 5.59. The molecule has 8 heteroatoms. The highest BCUT2D eigenvalue weighted by Crippen LogP contribution is 2.32. The fourth-order valence-electron chi connectivity index (χ4n) is 1.77. The molecule has 0 aliphatic heterocycles. The molecule has 2 rings (SSSR count). The van der Waals surface area contributed by atoms with Gasteiger partial charge in [-0.3, -0.25) is 4.79 Å². The first-order valence-corrected chi connectivity index (χ1v) is 5.59. The van der Waals surface area contributed by atoms with Crippen molar-refractivity contribution in [2.24, 2.45) is 11.5 Å². The molecule has 20 heavy (non-hydrogen) atoms. The number of hydrogen-bond donors (Lipinski definition) is 2. The molecule has 1 aromatic carbocycles. The van der Waals surface area contributed by atoms with Gasteiger partial charge in [0.05, 0.1) is 11.3 Å². The monoisotopic (exact) mass is 284 g/mol. The molecule has 0 aliphatic carbocycles. The van der Waals surface area contributed by atoms with Gasteiger partial charge in [-0.15, -0.1) is 0 Å². The summed E-state index contributed by atoms with van der Waals surface area (Å²) in [7, 11) is 0. The van der Waals surface area contributed by atoms with E-state index in [4.69, 9.17) is 11.5 Å². The lowest BCUT2D eigenvalue weighted by atomic mass is 10.1. The zero-order valence-corrected chi connectivity index (χ0v) is 10.2. The van der Waals surface area contributed by atoms with Crippen molar-refractivity contribution in [1.29, 1.82) is 0 Å². The summed E-state index contributed by atoms with van der Waals surface area (Å²) < 4.78 is 39.5. The standard InChI is InChI=1S/C12H11F3N4O/c13-12(14,15)9-2-1-8(5-7(9)6-16)19-4-3-10(18-19)11(17)20/h1-5H,6,16H2,(H2,17,20). The average Bonchev–Trinajstić information content (AvgIpc) is 2.86. The number of carbonyl (C=O) groups excluding carboxylic acids is 1. The predicted octanol–water partition coefficient (Wildman–Crippen LogP) is 1.45. The highest BCUT2D eigenvalue weighted by molar-refractivity contribution is 5.90. The van der Waals surface area contributed by atoms with Gasteiger partial charge in [-0.2, -0.15) is 18.3 Å². The molecule has 0 radical (unpaired) electrons. The van der Waals surface area contributed by atoms with E-state index in [1.807, 2.05) is 0 Å². The van der Waals surface area contributed by atoms with Crippen molar-refractivity contribution in [3.8, 4) is 5.69 Å². The van der Waals surface area contributed by atoms with Gasteiger partial charge in [0.1, 0.15) is 5.69 Å². The third kappa shape index (κ3) is 2.64. The summed E-state index contributed by atoms with van der Waals surface area (Å²) in [4.78, 5) is 10.9. The van der Waals surface area contributed by atoms with E-state index in [-0.39, 0.29) is 17.8 Å². The van der Waals surface area contributed by atoms with Crippen LogP contribution in [0.15, 0.2) is 30.5 Å². The van der Waals surface area contributed by atoms with E-state index in [1.54, 1.807) is 0 Å². The number of nitrogens with two attached hydrogens (primary N) is 2. The van der Waals surface area contributed by atoms with Crippen molar-refractivity contribution in [3.05, 3.63) is 47.3 Å². The second kappa shape index (κ2) is 4.97. The molecule has 0 aliphatic rings. The lowest BCUT2D eigenvalue weighted by molar-refractivity contribution is -0.138. The van der Waals surface area contributed by atoms with Crippen molar-refractivity contribution in [2.75, 3.05) is 0 Å². The highest BCUT2D eigenvalue weighted by atomic mass is 19.4. The summed E-state index contributed by atoms with van der Waals surface area (Å²) in [6, 6.07) is 4.84. The second-order valence-electron chi connectivity index (χ2n) is 4.05. The van der Waals surface area contributed by atoms with Gasteiger partial charge in [-0.1, -0.05) is 0 Å². The van der Waals surface area contributed by atoms with Crippen LogP contribution in [-0.2, 0) is 12.7 Å². The van der Waals surface area contributed by atoms with E-state index >= 15 is 0 Å².